The summed E-state index contributed by atoms with van der Waals surface area (Å²) in [6.07, 6.45) is 1.92. The molecule has 0 aliphatic heterocycles. The van der Waals surface area contributed by atoms with Gasteiger partial charge in [0.25, 0.3) is 0 Å². The van der Waals surface area contributed by atoms with Gasteiger partial charge in [0.1, 0.15) is 6.04 Å². The van der Waals surface area contributed by atoms with Gasteiger partial charge in [-0.15, -0.1) is 0 Å². The fourth-order valence-corrected chi connectivity index (χ4v) is 1.97. The zero-order chi connectivity index (χ0) is 13.5. The third-order valence-electron chi connectivity index (χ3n) is 3.11. The Bertz CT molecular complexity index is 362. The molecule has 0 radical (unpaired) electrons. The van der Waals surface area contributed by atoms with E-state index in [9.17, 15) is 4.79 Å². The van der Waals surface area contributed by atoms with Crippen molar-refractivity contribution in [3.63, 3.8) is 0 Å². The van der Waals surface area contributed by atoms with Gasteiger partial charge < -0.3 is 10.4 Å². The van der Waals surface area contributed by atoms with E-state index in [0.717, 1.165) is 12.8 Å². The van der Waals surface area contributed by atoms with Crippen molar-refractivity contribution >= 4 is 5.97 Å². The van der Waals surface area contributed by atoms with Gasteiger partial charge >= 0.3 is 5.97 Å². The Kier molecular flexibility index (Phi) is 5.86. The Labute approximate surface area is 109 Å². The molecule has 0 aliphatic carbocycles. The summed E-state index contributed by atoms with van der Waals surface area (Å²) in [6.45, 7) is 5.90. The summed E-state index contributed by atoms with van der Waals surface area (Å²) in [5.74, 6) is -0.668. The van der Waals surface area contributed by atoms with Crippen LogP contribution in [0.1, 0.15) is 32.8 Å². The molecule has 0 saturated heterocycles. The highest BCUT2D eigenvalue weighted by molar-refractivity contribution is 5.73. The van der Waals surface area contributed by atoms with E-state index in [4.69, 9.17) is 5.11 Å². The maximum Gasteiger partial charge on any atom is 0.320 e. The summed E-state index contributed by atoms with van der Waals surface area (Å²) in [6, 6.07) is 10.0. The highest BCUT2D eigenvalue weighted by Gasteiger charge is 2.22. The molecule has 0 fully saturated rings. The van der Waals surface area contributed by atoms with Crippen molar-refractivity contribution in [2.45, 2.75) is 45.7 Å². The van der Waals surface area contributed by atoms with Crippen molar-refractivity contribution in [1.29, 1.82) is 0 Å². The minimum atomic E-state index is -0.767. The van der Waals surface area contributed by atoms with E-state index in [1.165, 1.54) is 5.56 Å². The predicted molar refractivity (Wildman–Crippen MR) is 73.6 cm³/mol. The summed E-state index contributed by atoms with van der Waals surface area (Å²) in [4.78, 5) is 11.1. The first-order valence-electron chi connectivity index (χ1n) is 6.53. The molecule has 3 heteroatoms. The second-order valence-corrected chi connectivity index (χ2v) is 5.15. The molecule has 3 nitrogen and oxygen atoms in total. The van der Waals surface area contributed by atoms with Gasteiger partial charge in [0.2, 0.25) is 0 Å². The first-order chi connectivity index (χ1) is 8.50. The van der Waals surface area contributed by atoms with Crippen molar-refractivity contribution in [2.24, 2.45) is 5.92 Å². The van der Waals surface area contributed by atoms with Crippen molar-refractivity contribution < 1.29 is 9.90 Å². The van der Waals surface area contributed by atoms with E-state index in [2.05, 4.69) is 17.4 Å². The van der Waals surface area contributed by atoms with Gasteiger partial charge in [0, 0.05) is 6.04 Å². The molecule has 18 heavy (non-hydrogen) atoms. The summed E-state index contributed by atoms with van der Waals surface area (Å²) >= 11 is 0. The number of carboxylic acid groups (broad SMARTS) is 1. The van der Waals surface area contributed by atoms with Gasteiger partial charge in [-0.25, -0.2) is 0 Å². The Balaban J connectivity index is 2.41. The van der Waals surface area contributed by atoms with Gasteiger partial charge in [-0.05, 0) is 31.2 Å². The molecule has 2 N–H and O–H groups in total. The van der Waals surface area contributed by atoms with Gasteiger partial charge in [-0.2, -0.15) is 0 Å². The number of carbonyl (C=O) groups is 1. The normalized spacial score (nSPS) is 14.4. The Morgan fingerprint density at radius 1 is 1.22 bits per heavy atom. The lowest BCUT2D eigenvalue weighted by molar-refractivity contribution is -0.140. The number of aliphatic carboxylic acids is 1. The van der Waals surface area contributed by atoms with E-state index in [0.29, 0.717) is 0 Å². The van der Waals surface area contributed by atoms with Crippen molar-refractivity contribution in [3.8, 4) is 0 Å². The lowest BCUT2D eigenvalue weighted by atomic mass is 10.0. The lowest BCUT2D eigenvalue weighted by Gasteiger charge is -2.23. The highest BCUT2D eigenvalue weighted by atomic mass is 16.4. The second-order valence-electron chi connectivity index (χ2n) is 5.15. The largest absolute Gasteiger partial charge is 0.480 e. The van der Waals surface area contributed by atoms with Gasteiger partial charge in [-0.1, -0.05) is 44.2 Å². The molecule has 100 valence electrons. The lowest BCUT2D eigenvalue weighted by Crippen LogP contribution is -2.45. The zero-order valence-corrected chi connectivity index (χ0v) is 11.4. The van der Waals surface area contributed by atoms with E-state index in [1.807, 2.05) is 39.0 Å². The number of nitrogens with one attached hydrogen (secondary N) is 1. The van der Waals surface area contributed by atoms with Crippen LogP contribution in [0.5, 0.6) is 0 Å². The van der Waals surface area contributed by atoms with Crippen LogP contribution in [0, 0.1) is 5.92 Å². The summed E-state index contributed by atoms with van der Waals surface area (Å²) < 4.78 is 0. The van der Waals surface area contributed by atoms with Crippen LogP contribution in [-0.2, 0) is 11.2 Å². The molecule has 0 saturated carbocycles. The maximum atomic E-state index is 11.1. The average Bonchev–Trinajstić information content (AvgIpc) is 2.34. The van der Waals surface area contributed by atoms with Gasteiger partial charge in [0.15, 0.2) is 0 Å². The molecular weight excluding hydrogens is 226 g/mol. The second kappa shape index (κ2) is 7.17. The molecule has 0 amide bonds. The van der Waals surface area contributed by atoms with E-state index in [1.54, 1.807) is 0 Å². The Morgan fingerprint density at radius 2 is 1.83 bits per heavy atom. The number of hydrogen-bond acceptors (Lipinski definition) is 2. The summed E-state index contributed by atoms with van der Waals surface area (Å²) in [5.41, 5.74) is 1.29. The first kappa shape index (κ1) is 14.7. The fraction of sp³-hybridized carbons (Fsp3) is 0.533. The first-order valence-corrected chi connectivity index (χ1v) is 6.53. The zero-order valence-electron chi connectivity index (χ0n) is 11.4. The van der Waals surface area contributed by atoms with Crippen LogP contribution in [0.2, 0.25) is 0 Å². The topological polar surface area (TPSA) is 49.3 Å². The Morgan fingerprint density at radius 3 is 2.33 bits per heavy atom. The third-order valence-corrected chi connectivity index (χ3v) is 3.11. The monoisotopic (exact) mass is 249 g/mol. The number of hydrogen-bond donors (Lipinski definition) is 2. The van der Waals surface area contributed by atoms with E-state index >= 15 is 0 Å². The van der Waals surface area contributed by atoms with Crippen molar-refractivity contribution in [2.75, 3.05) is 0 Å². The molecule has 1 aromatic carbocycles. The van der Waals surface area contributed by atoms with Gasteiger partial charge in [0.05, 0.1) is 0 Å². The predicted octanol–water partition coefficient (Wildman–Crippen LogP) is 2.71. The maximum absolute atomic E-state index is 11.1. The van der Waals surface area contributed by atoms with Crippen molar-refractivity contribution in [3.05, 3.63) is 35.9 Å². The van der Waals surface area contributed by atoms with Crippen LogP contribution in [0.25, 0.3) is 0 Å². The minimum absolute atomic E-state index is 0.0988. The molecule has 1 aromatic rings. The quantitative estimate of drug-likeness (QED) is 0.781. The molecule has 1 rings (SSSR count). The van der Waals surface area contributed by atoms with Crippen LogP contribution >= 0.6 is 0 Å². The standard InChI is InChI=1S/C15H23NO2/c1-11(2)14(15(17)18)16-12(3)9-10-13-7-5-4-6-8-13/h4-8,11-12,14,16H,9-10H2,1-3H3,(H,17,18). The average molecular weight is 249 g/mol. The van der Waals surface area contributed by atoms with E-state index in [-0.39, 0.29) is 12.0 Å². The molecule has 2 unspecified atom stereocenters. The molecule has 2 atom stereocenters. The minimum Gasteiger partial charge on any atom is -0.480 e. The number of benzene rings is 1. The smallest absolute Gasteiger partial charge is 0.320 e. The summed E-state index contributed by atoms with van der Waals surface area (Å²) in [5, 5.41) is 12.3. The van der Waals surface area contributed by atoms with Crippen LogP contribution in [-0.4, -0.2) is 23.2 Å². The molecule has 0 aliphatic rings. The van der Waals surface area contributed by atoms with Crippen LogP contribution < -0.4 is 5.32 Å². The number of carboxylic acids is 1. The number of aryl methyl sites for hydroxylation is 1. The Hall–Kier alpha value is -1.35. The SMILES string of the molecule is CC(CCc1ccccc1)NC(C(=O)O)C(C)C. The molecule has 0 spiro atoms. The van der Waals surface area contributed by atoms with Crippen molar-refractivity contribution in [1.82, 2.24) is 5.32 Å². The molecule has 0 aromatic heterocycles. The molecule has 0 heterocycles. The fourth-order valence-electron chi connectivity index (χ4n) is 1.97. The molecule has 0 bridgehead atoms. The van der Waals surface area contributed by atoms with Crippen LogP contribution in [0.3, 0.4) is 0 Å². The van der Waals surface area contributed by atoms with Gasteiger partial charge in [-0.3, -0.25) is 4.79 Å². The summed E-state index contributed by atoms with van der Waals surface area (Å²) in [7, 11) is 0. The van der Waals surface area contributed by atoms with E-state index < -0.39 is 12.0 Å². The van der Waals surface area contributed by atoms with Crippen LogP contribution in [0.4, 0.5) is 0 Å². The highest BCUT2D eigenvalue weighted by Crippen LogP contribution is 2.08. The number of rotatable bonds is 7. The van der Waals surface area contributed by atoms with Crippen LogP contribution in [0.15, 0.2) is 30.3 Å². The third kappa shape index (κ3) is 4.88. The molecular formula is C15H23NO2.